The van der Waals surface area contributed by atoms with Gasteiger partial charge in [-0.15, -0.1) is 0 Å². The van der Waals surface area contributed by atoms with Gasteiger partial charge in [-0.2, -0.15) is 0 Å². The van der Waals surface area contributed by atoms with Crippen molar-refractivity contribution >= 4 is 0 Å². The number of hydrogen-bond acceptors (Lipinski definition) is 0. The second kappa shape index (κ2) is 7.34. The number of allylic oxidation sites excluding steroid dienone is 2. The lowest BCUT2D eigenvalue weighted by molar-refractivity contribution is 0.500. The molecule has 0 unspecified atom stereocenters. The average Bonchev–Trinajstić information content (AvgIpc) is 2.67. The van der Waals surface area contributed by atoms with E-state index in [-0.39, 0.29) is 0 Å². The minimum absolute atomic E-state index is 0.291. The first-order chi connectivity index (χ1) is 12.7. The smallest absolute Gasteiger partial charge is 0.159 e. The van der Waals surface area contributed by atoms with Gasteiger partial charge in [0.15, 0.2) is 11.6 Å². The molecular formula is C24H26F2. The Labute approximate surface area is 154 Å². The fourth-order valence-corrected chi connectivity index (χ4v) is 4.74. The van der Waals surface area contributed by atoms with Crippen LogP contribution in [0.3, 0.4) is 0 Å². The molecule has 0 nitrogen and oxygen atoms in total. The molecule has 4 rings (SSSR count). The van der Waals surface area contributed by atoms with Crippen LogP contribution in [-0.4, -0.2) is 0 Å². The quantitative estimate of drug-likeness (QED) is 0.568. The van der Waals surface area contributed by atoms with Crippen LogP contribution in [0.15, 0.2) is 42.5 Å². The van der Waals surface area contributed by atoms with Gasteiger partial charge in [0.1, 0.15) is 0 Å². The third-order valence-corrected chi connectivity index (χ3v) is 6.14. The van der Waals surface area contributed by atoms with E-state index in [0.717, 1.165) is 37.7 Å². The maximum Gasteiger partial charge on any atom is 0.159 e. The Morgan fingerprint density at radius 3 is 2.38 bits per heavy atom. The molecule has 0 N–H and O–H groups in total. The van der Waals surface area contributed by atoms with Crippen molar-refractivity contribution in [3.05, 3.63) is 81.9 Å². The van der Waals surface area contributed by atoms with Crippen LogP contribution in [0, 0.1) is 17.6 Å². The molecule has 2 aliphatic carbocycles. The lowest BCUT2D eigenvalue weighted by Gasteiger charge is -2.31. The summed E-state index contributed by atoms with van der Waals surface area (Å²) in [6.07, 6.45) is 12.4. The zero-order valence-corrected chi connectivity index (χ0v) is 15.4. The highest BCUT2D eigenvalue weighted by molar-refractivity contribution is 5.45. The molecule has 136 valence electrons. The highest BCUT2D eigenvalue weighted by atomic mass is 19.2. The number of halogens is 2. The minimum Gasteiger partial charge on any atom is -0.204 e. The van der Waals surface area contributed by atoms with E-state index in [4.69, 9.17) is 0 Å². The summed E-state index contributed by atoms with van der Waals surface area (Å²) in [6, 6.07) is 8.99. The fraction of sp³-hybridized carbons (Fsp3) is 0.417. The van der Waals surface area contributed by atoms with Gasteiger partial charge in [-0.1, -0.05) is 37.3 Å². The van der Waals surface area contributed by atoms with E-state index < -0.39 is 11.6 Å². The third-order valence-electron chi connectivity index (χ3n) is 6.14. The van der Waals surface area contributed by atoms with Crippen molar-refractivity contribution < 1.29 is 8.78 Å². The summed E-state index contributed by atoms with van der Waals surface area (Å²) in [5, 5.41) is 0. The lowest BCUT2D eigenvalue weighted by Crippen LogP contribution is -2.20. The van der Waals surface area contributed by atoms with Gasteiger partial charge in [-0.25, -0.2) is 8.78 Å². The molecule has 0 aliphatic heterocycles. The highest BCUT2D eigenvalue weighted by Crippen LogP contribution is 2.38. The standard InChI is InChI=1S/C24H26F2/c1-2-3-4-16-5-10-21-19(13-16)6-7-20-14-17(8-11-22(20)21)18-9-12-23(25)24(26)15-18/h3-4,6-7,9,12,15-17H,2,5,8,10-11,13-14H2,1H3/t16-,17-/m0/s1. The van der Waals surface area contributed by atoms with E-state index in [2.05, 4.69) is 31.2 Å². The third kappa shape index (κ3) is 3.34. The molecule has 0 saturated heterocycles. The number of rotatable bonds is 3. The van der Waals surface area contributed by atoms with Crippen molar-refractivity contribution in [2.45, 2.75) is 57.8 Å². The summed E-state index contributed by atoms with van der Waals surface area (Å²) in [4.78, 5) is 0. The van der Waals surface area contributed by atoms with Crippen molar-refractivity contribution in [1.29, 1.82) is 0 Å². The highest BCUT2D eigenvalue weighted by Gasteiger charge is 2.26. The Hall–Kier alpha value is -1.96. The van der Waals surface area contributed by atoms with Crippen LogP contribution in [0.1, 0.15) is 59.9 Å². The Bertz CT molecular complexity index is 834. The van der Waals surface area contributed by atoms with Gasteiger partial charge >= 0.3 is 0 Å². The molecule has 0 aromatic heterocycles. The van der Waals surface area contributed by atoms with Crippen LogP contribution >= 0.6 is 0 Å². The number of hydrogen-bond donors (Lipinski definition) is 0. The van der Waals surface area contributed by atoms with Gasteiger partial charge in [0.05, 0.1) is 0 Å². The van der Waals surface area contributed by atoms with E-state index >= 15 is 0 Å². The summed E-state index contributed by atoms with van der Waals surface area (Å²) in [5.74, 6) is -0.519. The topological polar surface area (TPSA) is 0 Å². The normalized spacial score (nSPS) is 22.3. The summed E-state index contributed by atoms with van der Waals surface area (Å²) in [7, 11) is 0. The van der Waals surface area contributed by atoms with Crippen LogP contribution in [-0.2, 0) is 25.7 Å². The molecule has 26 heavy (non-hydrogen) atoms. The van der Waals surface area contributed by atoms with Crippen molar-refractivity contribution in [3.63, 3.8) is 0 Å². The Morgan fingerprint density at radius 1 is 0.923 bits per heavy atom. The van der Waals surface area contributed by atoms with Gasteiger partial charge in [0.25, 0.3) is 0 Å². The van der Waals surface area contributed by atoms with Gasteiger partial charge in [-0.3, -0.25) is 0 Å². The first-order valence-electron chi connectivity index (χ1n) is 9.89. The van der Waals surface area contributed by atoms with Crippen LogP contribution < -0.4 is 0 Å². The Morgan fingerprint density at radius 2 is 1.65 bits per heavy atom. The summed E-state index contributed by atoms with van der Waals surface area (Å²) < 4.78 is 26.8. The van der Waals surface area contributed by atoms with Crippen molar-refractivity contribution in [2.75, 3.05) is 0 Å². The van der Waals surface area contributed by atoms with Crippen molar-refractivity contribution in [3.8, 4) is 0 Å². The second-order valence-corrected chi connectivity index (χ2v) is 7.79. The maximum absolute atomic E-state index is 13.6. The molecule has 0 bridgehead atoms. The van der Waals surface area contributed by atoms with Crippen LogP contribution in [0.25, 0.3) is 0 Å². The first kappa shape index (κ1) is 17.5. The SMILES string of the molecule is CCC=C[C@H]1CCc2c(ccc3c2CC[C@H](c2ccc(F)c(F)c2)C3)C1. The molecule has 0 saturated carbocycles. The summed E-state index contributed by atoms with van der Waals surface area (Å²) >= 11 is 0. The van der Waals surface area contributed by atoms with Gasteiger partial charge in [0.2, 0.25) is 0 Å². The Kier molecular flexibility index (Phi) is 4.93. The molecule has 2 heteroatoms. The molecule has 2 atom stereocenters. The maximum atomic E-state index is 13.6. The lowest BCUT2D eigenvalue weighted by atomic mass is 9.74. The largest absolute Gasteiger partial charge is 0.204 e. The van der Waals surface area contributed by atoms with E-state index in [0.29, 0.717) is 11.8 Å². The summed E-state index contributed by atoms with van der Waals surface area (Å²) in [5.41, 5.74) is 6.97. The molecule has 0 radical (unpaired) electrons. The van der Waals surface area contributed by atoms with Crippen molar-refractivity contribution in [1.82, 2.24) is 0 Å². The molecule has 0 amide bonds. The molecule has 0 fully saturated rings. The predicted octanol–water partition coefficient (Wildman–Crippen LogP) is 6.31. The average molecular weight is 352 g/mol. The van der Waals surface area contributed by atoms with E-state index in [1.165, 1.54) is 36.1 Å². The van der Waals surface area contributed by atoms with Crippen LogP contribution in [0.2, 0.25) is 0 Å². The van der Waals surface area contributed by atoms with Gasteiger partial charge in [0, 0.05) is 0 Å². The van der Waals surface area contributed by atoms with E-state index in [1.54, 1.807) is 17.2 Å². The van der Waals surface area contributed by atoms with Crippen LogP contribution in [0.5, 0.6) is 0 Å². The molecular weight excluding hydrogens is 326 g/mol. The monoisotopic (exact) mass is 352 g/mol. The van der Waals surface area contributed by atoms with Gasteiger partial charge in [-0.05, 0) is 96.7 Å². The first-order valence-corrected chi connectivity index (χ1v) is 9.89. The van der Waals surface area contributed by atoms with Crippen LogP contribution in [0.4, 0.5) is 8.78 Å². The van der Waals surface area contributed by atoms with E-state index in [1.807, 2.05) is 0 Å². The fourth-order valence-electron chi connectivity index (χ4n) is 4.74. The zero-order valence-electron chi connectivity index (χ0n) is 15.4. The van der Waals surface area contributed by atoms with E-state index in [9.17, 15) is 8.78 Å². The molecule has 2 aromatic carbocycles. The number of fused-ring (bicyclic) bond motifs is 3. The predicted molar refractivity (Wildman–Crippen MR) is 103 cm³/mol. The zero-order chi connectivity index (χ0) is 18.1. The van der Waals surface area contributed by atoms with Crippen molar-refractivity contribution in [2.24, 2.45) is 5.92 Å². The number of benzene rings is 2. The van der Waals surface area contributed by atoms with Gasteiger partial charge < -0.3 is 0 Å². The second-order valence-electron chi connectivity index (χ2n) is 7.79. The molecule has 2 aromatic rings. The molecule has 0 spiro atoms. The molecule has 0 heterocycles. The molecule has 2 aliphatic rings. The Balaban J connectivity index is 1.56. The minimum atomic E-state index is -0.759. The summed E-state index contributed by atoms with van der Waals surface area (Å²) in [6.45, 7) is 2.19.